The van der Waals surface area contributed by atoms with Crippen molar-refractivity contribution in [3.05, 3.63) is 137 Å². The van der Waals surface area contributed by atoms with Gasteiger partial charge in [-0.05, 0) is 85.9 Å². The Morgan fingerprint density at radius 3 is 2.07 bits per heavy atom. The zero-order valence-electron chi connectivity index (χ0n) is 25.8. The number of carbonyl (C=O) groups excluding carboxylic acids is 1. The van der Waals surface area contributed by atoms with Gasteiger partial charge in [0.25, 0.3) is 10.0 Å². The van der Waals surface area contributed by atoms with E-state index in [0.29, 0.717) is 43.4 Å². The first kappa shape index (κ1) is 32.5. The minimum absolute atomic E-state index is 0.0897. The topological polar surface area (TPSA) is 121 Å². The zero-order valence-corrected chi connectivity index (χ0v) is 26.6. The van der Waals surface area contributed by atoms with Crippen LogP contribution in [-0.2, 0) is 38.8 Å². The summed E-state index contributed by atoms with van der Waals surface area (Å²) in [6.45, 7) is 0. The third-order valence-electron chi connectivity index (χ3n) is 8.47. The average molecular weight is 636 g/mol. The number of aliphatic hydroxyl groups excluding tert-OH is 1. The standard InChI is InChI=1S/C37H37N3O5S/c1-40(46(43,44)35-19-18-31(26-38)27-39-35)32-16-8-14-30(24-32)15-9-17-33-34(41)25-37(45-36(33)42,22-20-28-10-4-2-5-11-28)23-21-29-12-6-3-7-13-29/h2-8,10-14,16,18-19,24,27,41H,9,15,17,20-23,25H2,1H3. The van der Waals surface area contributed by atoms with Gasteiger partial charge in [0.15, 0.2) is 5.03 Å². The number of nitriles is 1. The number of benzene rings is 3. The van der Waals surface area contributed by atoms with E-state index in [1.807, 2.05) is 48.5 Å². The van der Waals surface area contributed by atoms with E-state index in [2.05, 4.69) is 29.2 Å². The van der Waals surface area contributed by atoms with Crippen LogP contribution in [0, 0.1) is 11.3 Å². The molecule has 1 aliphatic heterocycles. The zero-order chi connectivity index (χ0) is 32.6. The highest BCUT2D eigenvalue weighted by Gasteiger charge is 2.41. The van der Waals surface area contributed by atoms with Crippen molar-refractivity contribution in [1.82, 2.24) is 4.98 Å². The fourth-order valence-corrected chi connectivity index (χ4v) is 6.86. The molecule has 0 saturated carbocycles. The molecule has 0 fully saturated rings. The predicted molar refractivity (Wildman–Crippen MR) is 177 cm³/mol. The molecular weight excluding hydrogens is 598 g/mol. The first-order chi connectivity index (χ1) is 22.2. The molecular formula is C37H37N3O5S. The summed E-state index contributed by atoms with van der Waals surface area (Å²) in [7, 11) is -2.48. The Morgan fingerprint density at radius 1 is 0.870 bits per heavy atom. The van der Waals surface area contributed by atoms with Gasteiger partial charge in [-0.2, -0.15) is 13.7 Å². The molecule has 1 aromatic heterocycles. The van der Waals surface area contributed by atoms with Gasteiger partial charge < -0.3 is 9.84 Å². The van der Waals surface area contributed by atoms with E-state index in [1.54, 1.807) is 18.2 Å². The molecule has 8 nitrogen and oxygen atoms in total. The summed E-state index contributed by atoms with van der Waals surface area (Å²) in [5, 5.41) is 20.0. The second-order valence-electron chi connectivity index (χ2n) is 11.6. The van der Waals surface area contributed by atoms with Crippen molar-refractivity contribution < 1.29 is 23.1 Å². The van der Waals surface area contributed by atoms with Gasteiger partial charge in [-0.3, -0.25) is 4.31 Å². The number of cyclic esters (lactones) is 1. The number of anilines is 1. The van der Waals surface area contributed by atoms with E-state index >= 15 is 0 Å². The molecule has 0 aliphatic carbocycles. The molecule has 1 N–H and O–H groups in total. The smallest absolute Gasteiger partial charge is 0.337 e. The molecule has 0 spiro atoms. The van der Waals surface area contributed by atoms with Crippen LogP contribution in [0.4, 0.5) is 5.69 Å². The minimum atomic E-state index is -3.93. The van der Waals surface area contributed by atoms with Crippen molar-refractivity contribution in [2.24, 2.45) is 0 Å². The predicted octanol–water partition coefficient (Wildman–Crippen LogP) is 6.86. The van der Waals surface area contributed by atoms with E-state index in [-0.39, 0.29) is 22.8 Å². The maximum absolute atomic E-state index is 13.4. The second-order valence-corrected chi connectivity index (χ2v) is 13.6. The SMILES string of the molecule is CN(c1cccc(CCCC2=C(O)CC(CCc3ccccc3)(CCc3ccccc3)OC2=O)c1)S(=O)(=O)c1ccc(C#N)cn1. The highest BCUT2D eigenvalue weighted by Crippen LogP contribution is 2.38. The summed E-state index contributed by atoms with van der Waals surface area (Å²) < 4.78 is 33.6. The van der Waals surface area contributed by atoms with Crippen LogP contribution in [-0.4, -0.2) is 37.1 Å². The van der Waals surface area contributed by atoms with Gasteiger partial charge in [-0.25, -0.2) is 9.78 Å². The Kier molecular flexibility index (Phi) is 10.2. The van der Waals surface area contributed by atoms with Gasteiger partial charge in [0.05, 0.1) is 16.8 Å². The summed E-state index contributed by atoms with van der Waals surface area (Å²) >= 11 is 0. The number of esters is 1. The molecule has 5 rings (SSSR count). The lowest BCUT2D eigenvalue weighted by atomic mass is 9.82. The van der Waals surface area contributed by atoms with Crippen LogP contribution in [0.25, 0.3) is 0 Å². The number of aromatic nitrogens is 1. The lowest BCUT2D eigenvalue weighted by Crippen LogP contribution is -2.41. The number of hydrogen-bond donors (Lipinski definition) is 1. The highest BCUT2D eigenvalue weighted by atomic mass is 32.2. The van der Waals surface area contributed by atoms with Crippen LogP contribution < -0.4 is 4.31 Å². The number of carbonyl (C=O) groups is 1. The molecule has 0 unspecified atom stereocenters. The van der Waals surface area contributed by atoms with E-state index < -0.39 is 21.6 Å². The Labute approximate surface area is 270 Å². The molecule has 9 heteroatoms. The van der Waals surface area contributed by atoms with Gasteiger partial charge in [-0.1, -0.05) is 72.8 Å². The monoisotopic (exact) mass is 635 g/mol. The minimum Gasteiger partial charge on any atom is -0.512 e. The Morgan fingerprint density at radius 2 is 1.50 bits per heavy atom. The Balaban J connectivity index is 1.25. The summed E-state index contributed by atoms with van der Waals surface area (Å²) in [4.78, 5) is 17.3. The fourth-order valence-electron chi connectivity index (χ4n) is 5.76. The van der Waals surface area contributed by atoms with Gasteiger partial charge >= 0.3 is 5.97 Å². The van der Waals surface area contributed by atoms with Crippen LogP contribution in [0.1, 0.15) is 54.4 Å². The fraction of sp³-hybridized carbons (Fsp3) is 0.270. The van der Waals surface area contributed by atoms with Crippen molar-refractivity contribution >= 4 is 21.7 Å². The van der Waals surface area contributed by atoms with Crippen molar-refractivity contribution in [3.8, 4) is 6.07 Å². The van der Waals surface area contributed by atoms with Crippen LogP contribution in [0.2, 0.25) is 0 Å². The number of rotatable bonds is 13. The maximum Gasteiger partial charge on any atom is 0.337 e. The normalized spacial score (nSPS) is 14.4. The van der Waals surface area contributed by atoms with Gasteiger partial charge in [0.2, 0.25) is 0 Å². The van der Waals surface area contributed by atoms with E-state index in [1.165, 1.54) is 25.4 Å². The lowest BCUT2D eigenvalue weighted by molar-refractivity contribution is -0.160. The molecule has 0 radical (unpaired) electrons. The summed E-state index contributed by atoms with van der Waals surface area (Å²) in [5.74, 6) is -0.383. The second kappa shape index (κ2) is 14.4. The average Bonchev–Trinajstić information content (AvgIpc) is 3.08. The molecule has 0 bridgehead atoms. The molecule has 0 atom stereocenters. The number of ether oxygens (including phenoxy) is 1. The molecule has 4 aromatic rings. The van der Waals surface area contributed by atoms with E-state index in [0.717, 1.165) is 33.8 Å². The van der Waals surface area contributed by atoms with Crippen molar-refractivity contribution in [3.63, 3.8) is 0 Å². The first-order valence-electron chi connectivity index (χ1n) is 15.4. The number of aryl methyl sites for hydroxylation is 3. The van der Waals surface area contributed by atoms with E-state index in [9.17, 15) is 18.3 Å². The molecule has 3 aromatic carbocycles. The van der Waals surface area contributed by atoms with Crippen LogP contribution in [0.3, 0.4) is 0 Å². The van der Waals surface area contributed by atoms with Crippen molar-refractivity contribution in [1.29, 1.82) is 5.26 Å². The van der Waals surface area contributed by atoms with E-state index in [4.69, 9.17) is 10.00 Å². The van der Waals surface area contributed by atoms with Gasteiger partial charge in [0.1, 0.15) is 17.4 Å². The van der Waals surface area contributed by atoms with Crippen LogP contribution in [0.5, 0.6) is 0 Å². The summed E-state index contributed by atoms with van der Waals surface area (Å²) in [5.41, 5.74) is 3.43. The summed E-state index contributed by atoms with van der Waals surface area (Å²) in [6.07, 6.45) is 5.64. The molecule has 0 amide bonds. The van der Waals surface area contributed by atoms with Crippen molar-refractivity contribution in [2.45, 2.75) is 62.0 Å². The number of pyridine rings is 1. The quantitative estimate of drug-likeness (QED) is 0.159. The molecule has 236 valence electrons. The number of nitrogens with zero attached hydrogens (tertiary/aromatic N) is 3. The maximum atomic E-state index is 13.4. The molecule has 1 aliphatic rings. The summed E-state index contributed by atoms with van der Waals surface area (Å²) in [6, 6.07) is 32.0. The van der Waals surface area contributed by atoms with Gasteiger partial charge in [-0.15, -0.1) is 0 Å². The number of sulfonamides is 1. The molecule has 46 heavy (non-hydrogen) atoms. The van der Waals surface area contributed by atoms with Crippen LogP contribution >= 0.6 is 0 Å². The highest BCUT2D eigenvalue weighted by molar-refractivity contribution is 7.92. The molecule has 2 heterocycles. The third-order valence-corrected chi connectivity index (χ3v) is 10.2. The molecule has 0 saturated heterocycles. The Hall–Kier alpha value is -4.94. The number of aliphatic hydroxyl groups is 1. The Bertz CT molecular complexity index is 1790. The van der Waals surface area contributed by atoms with Crippen LogP contribution in [0.15, 0.2) is 120 Å². The largest absolute Gasteiger partial charge is 0.512 e. The van der Waals surface area contributed by atoms with Crippen molar-refractivity contribution in [2.75, 3.05) is 11.4 Å². The number of hydrogen-bond acceptors (Lipinski definition) is 7. The lowest BCUT2D eigenvalue weighted by Gasteiger charge is -2.37. The first-order valence-corrected chi connectivity index (χ1v) is 16.8. The van der Waals surface area contributed by atoms with Gasteiger partial charge in [0, 0.05) is 19.7 Å². The third kappa shape index (κ3) is 7.82.